The minimum atomic E-state index is -4.16. The Morgan fingerprint density at radius 3 is 2.23 bits per heavy atom. The summed E-state index contributed by atoms with van der Waals surface area (Å²) in [7, 11) is -4.16. The molecule has 2 N–H and O–H groups in total. The van der Waals surface area contributed by atoms with Gasteiger partial charge in [0.05, 0.1) is 0 Å². The van der Waals surface area contributed by atoms with Crippen LogP contribution in [0, 0.1) is 0 Å². The van der Waals surface area contributed by atoms with E-state index in [4.69, 9.17) is 10.3 Å². The van der Waals surface area contributed by atoms with Crippen LogP contribution in [0.4, 0.5) is 0 Å². The van der Waals surface area contributed by atoms with Crippen molar-refractivity contribution in [2.24, 2.45) is 0 Å². The molecule has 1 aromatic carbocycles. The first-order valence-corrected chi connectivity index (χ1v) is 5.22. The van der Waals surface area contributed by atoms with Crippen molar-refractivity contribution in [3.05, 3.63) is 35.9 Å². The standard InChI is InChI=1S/C8H10NO3S/c9-6-8(13(10,11)12)7-4-2-1-3-5-7/h1-5,8-9H,6H2,(H,10,11,12). The first kappa shape index (κ1) is 10.2. The van der Waals surface area contributed by atoms with Gasteiger partial charge in [-0.25, -0.2) is 0 Å². The predicted octanol–water partition coefficient (Wildman–Crippen LogP) is 0.898. The Bertz CT molecular complexity index is 360. The van der Waals surface area contributed by atoms with Gasteiger partial charge in [-0.15, -0.1) is 0 Å². The number of benzene rings is 1. The van der Waals surface area contributed by atoms with E-state index in [0.29, 0.717) is 5.56 Å². The summed E-state index contributed by atoms with van der Waals surface area (Å²) in [5.74, 6) is 0. The summed E-state index contributed by atoms with van der Waals surface area (Å²) < 4.78 is 30.4. The quantitative estimate of drug-likeness (QED) is 0.736. The second kappa shape index (κ2) is 3.87. The molecule has 0 amide bonds. The van der Waals surface area contributed by atoms with Crippen molar-refractivity contribution >= 4 is 10.1 Å². The van der Waals surface area contributed by atoms with Crippen LogP contribution in [0.15, 0.2) is 30.3 Å². The van der Waals surface area contributed by atoms with Crippen LogP contribution in [0.2, 0.25) is 0 Å². The van der Waals surface area contributed by atoms with E-state index in [-0.39, 0.29) is 6.54 Å². The summed E-state index contributed by atoms with van der Waals surface area (Å²) in [6.45, 7) is -0.372. The van der Waals surface area contributed by atoms with Crippen LogP contribution in [0.25, 0.3) is 0 Å². The monoisotopic (exact) mass is 200 g/mol. The van der Waals surface area contributed by atoms with Crippen molar-refractivity contribution in [2.45, 2.75) is 5.25 Å². The zero-order chi connectivity index (χ0) is 9.90. The topological polar surface area (TPSA) is 78.2 Å². The lowest BCUT2D eigenvalue weighted by Gasteiger charge is -2.10. The van der Waals surface area contributed by atoms with E-state index in [9.17, 15) is 8.42 Å². The van der Waals surface area contributed by atoms with Gasteiger partial charge in [-0.1, -0.05) is 30.3 Å². The summed E-state index contributed by atoms with van der Waals surface area (Å²) in [5.41, 5.74) is 7.46. The smallest absolute Gasteiger partial charge is 0.273 e. The molecule has 1 unspecified atom stereocenters. The second-order valence-electron chi connectivity index (χ2n) is 2.62. The molecule has 0 saturated carbocycles. The molecule has 13 heavy (non-hydrogen) atoms. The van der Waals surface area contributed by atoms with Crippen LogP contribution in [-0.4, -0.2) is 19.5 Å². The Balaban J connectivity index is 3.06. The third kappa shape index (κ3) is 2.51. The van der Waals surface area contributed by atoms with Gasteiger partial charge in [-0.3, -0.25) is 10.3 Å². The average molecular weight is 200 g/mol. The molecular formula is C8H10NO3S. The minimum Gasteiger partial charge on any atom is -0.285 e. The summed E-state index contributed by atoms with van der Waals surface area (Å²) in [6, 6.07) is 8.24. The molecule has 1 aromatic rings. The molecule has 0 fully saturated rings. The van der Waals surface area contributed by atoms with Crippen molar-refractivity contribution in [3.8, 4) is 0 Å². The van der Waals surface area contributed by atoms with Gasteiger partial charge in [0.1, 0.15) is 5.25 Å². The molecule has 0 aliphatic carbocycles. The fraction of sp³-hybridized carbons (Fsp3) is 0.250. The Morgan fingerprint density at radius 1 is 1.31 bits per heavy atom. The molecule has 0 aromatic heterocycles. The van der Waals surface area contributed by atoms with Crippen LogP contribution in [0.1, 0.15) is 10.8 Å². The fourth-order valence-corrected chi connectivity index (χ4v) is 1.77. The third-order valence-electron chi connectivity index (χ3n) is 1.72. The third-order valence-corrected chi connectivity index (χ3v) is 2.87. The number of nitrogens with one attached hydrogen (secondary N) is 1. The van der Waals surface area contributed by atoms with Gasteiger partial charge in [-0.2, -0.15) is 8.42 Å². The van der Waals surface area contributed by atoms with Gasteiger partial charge in [0.2, 0.25) is 0 Å². The normalized spacial score (nSPS) is 14.0. The molecule has 4 nitrogen and oxygen atoms in total. The van der Waals surface area contributed by atoms with Crippen LogP contribution < -0.4 is 5.73 Å². The number of hydrogen-bond acceptors (Lipinski definition) is 2. The first-order valence-electron chi connectivity index (χ1n) is 3.71. The minimum absolute atomic E-state index is 0.372. The molecule has 1 atom stereocenters. The Morgan fingerprint density at radius 2 is 1.85 bits per heavy atom. The van der Waals surface area contributed by atoms with Gasteiger partial charge < -0.3 is 0 Å². The highest BCUT2D eigenvalue weighted by Gasteiger charge is 2.22. The lowest BCUT2D eigenvalue weighted by molar-refractivity contribution is 0.469. The fourth-order valence-electron chi connectivity index (χ4n) is 1.06. The number of hydrogen-bond donors (Lipinski definition) is 1. The molecule has 5 heteroatoms. The Hall–Kier alpha value is -0.910. The summed E-state index contributed by atoms with van der Waals surface area (Å²) >= 11 is 0. The van der Waals surface area contributed by atoms with Crippen molar-refractivity contribution in [3.63, 3.8) is 0 Å². The molecule has 0 bridgehead atoms. The summed E-state index contributed by atoms with van der Waals surface area (Å²) in [5, 5.41) is -1.13. The zero-order valence-electron chi connectivity index (χ0n) is 6.84. The van der Waals surface area contributed by atoms with Gasteiger partial charge in [0.15, 0.2) is 0 Å². The average Bonchev–Trinajstić information content (AvgIpc) is 2.05. The van der Waals surface area contributed by atoms with E-state index in [0.717, 1.165) is 0 Å². The van der Waals surface area contributed by atoms with E-state index in [1.165, 1.54) is 0 Å². The molecule has 1 radical (unpaired) electrons. The highest BCUT2D eigenvalue weighted by atomic mass is 32.2. The number of rotatable bonds is 3. The first-order chi connectivity index (χ1) is 6.05. The van der Waals surface area contributed by atoms with Crippen molar-refractivity contribution < 1.29 is 13.0 Å². The van der Waals surface area contributed by atoms with E-state index in [1.807, 2.05) is 0 Å². The van der Waals surface area contributed by atoms with Crippen LogP contribution in [0.5, 0.6) is 0 Å². The highest BCUT2D eigenvalue weighted by Crippen LogP contribution is 2.19. The molecular weight excluding hydrogens is 190 g/mol. The van der Waals surface area contributed by atoms with E-state index < -0.39 is 15.4 Å². The Kier molecular flexibility index (Phi) is 3.02. The van der Waals surface area contributed by atoms with E-state index in [2.05, 4.69) is 0 Å². The SMILES string of the molecule is [NH]CC(c1ccccc1)S(=O)(=O)O. The highest BCUT2D eigenvalue weighted by molar-refractivity contribution is 7.86. The summed E-state index contributed by atoms with van der Waals surface area (Å²) in [4.78, 5) is 0. The second-order valence-corrected chi connectivity index (χ2v) is 4.22. The van der Waals surface area contributed by atoms with E-state index in [1.54, 1.807) is 30.3 Å². The molecule has 1 rings (SSSR count). The van der Waals surface area contributed by atoms with Gasteiger partial charge in [-0.05, 0) is 5.56 Å². The largest absolute Gasteiger partial charge is 0.285 e. The summed E-state index contributed by atoms with van der Waals surface area (Å²) in [6.07, 6.45) is 0. The lowest BCUT2D eigenvalue weighted by atomic mass is 10.1. The molecule has 71 valence electrons. The maximum Gasteiger partial charge on any atom is 0.273 e. The zero-order valence-corrected chi connectivity index (χ0v) is 7.66. The molecule has 0 aliphatic heterocycles. The van der Waals surface area contributed by atoms with Crippen LogP contribution in [-0.2, 0) is 10.1 Å². The maximum absolute atomic E-state index is 10.8. The van der Waals surface area contributed by atoms with Gasteiger partial charge in [0.25, 0.3) is 10.1 Å². The van der Waals surface area contributed by atoms with Gasteiger partial charge >= 0.3 is 0 Å². The predicted molar refractivity (Wildman–Crippen MR) is 48.7 cm³/mol. The van der Waals surface area contributed by atoms with Crippen molar-refractivity contribution in [1.29, 1.82) is 0 Å². The maximum atomic E-state index is 10.8. The molecule has 0 aliphatic rings. The van der Waals surface area contributed by atoms with Crippen molar-refractivity contribution in [2.75, 3.05) is 6.54 Å². The Labute approximate surface area is 77.1 Å². The van der Waals surface area contributed by atoms with Crippen LogP contribution in [0.3, 0.4) is 0 Å². The van der Waals surface area contributed by atoms with Crippen LogP contribution >= 0.6 is 0 Å². The van der Waals surface area contributed by atoms with Gasteiger partial charge in [0, 0.05) is 6.54 Å². The molecule has 0 spiro atoms. The van der Waals surface area contributed by atoms with E-state index >= 15 is 0 Å². The van der Waals surface area contributed by atoms with Crippen molar-refractivity contribution in [1.82, 2.24) is 5.73 Å². The molecule has 0 saturated heterocycles. The lowest BCUT2D eigenvalue weighted by Crippen LogP contribution is -2.16. The molecule has 0 heterocycles.